The van der Waals surface area contributed by atoms with Crippen molar-refractivity contribution < 1.29 is 44.6 Å². The topological polar surface area (TPSA) is 18.5 Å². The van der Waals surface area contributed by atoms with Crippen molar-refractivity contribution in [1.29, 1.82) is 0 Å². The molecule has 0 N–H and O–H groups in total. The number of allylic oxidation sites excluding steroid dienone is 1. The maximum atomic E-state index is 15.0. The fourth-order valence-corrected chi connectivity index (χ4v) is 4.08. The second-order valence-corrected chi connectivity index (χ2v) is 8.95. The summed E-state index contributed by atoms with van der Waals surface area (Å²) in [6.07, 6.45) is -4.91. The number of alkyl halides is 4. The van der Waals surface area contributed by atoms with Crippen LogP contribution in [0.25, 0.3) is 22.3 Å². The Kier molecular flexibility index (Phi) is 9.00. The second-order valence-electron chi connectivity index (χ2n) is 8.95. The van der Waals surface area contributed by atoms with Crippen LogP contribution in [0.15, 0.2) is 85.1 Å². The van der Waals surface area contributed by atoms with E-state index < -0.39 is 52.9 Å². The Bertz CT molecular complexity index is 1530. The summed E-state index contributed by atoms with van der Waals surface area (Å²) in [4.78, 5) is 0. The van der Waals surface area contributed by atoms with Gasteiger partial charge in [-0.2, -0.15) is 8.78 Å². The van der Waals surface area contributed by atoms with Crippen LogP contribution in [-0.2, 0) is 12.5 Å². The van der Waals surface area contributed by atoms with Gasteiger partial charge in [-0.3, -0.25) is 0 Å². The Hall–Kier alpha value is -4.34. The summed E-state index contributed by atoms with van der Waals surface area (Å²) in [6, 6.07) is 15.0. The SMILES string of the molecule is CCCc1ccc(-c2ccc(-c3ccc(C(F)(F)Oc4cc(F)c(OC=CC(F)F)c(F)c4)c(F)c3)c(F)c2)cc1. The summed E-state index contributed by atoms with van der Waals surface area (Å²) < 4.78 is 121. The van der Waals surface area contributed by atoms with E-state index in [4.69, 9.17) is 0 Å². The van der Waals surface area contributed by atoms with Gasteiger partial charge in [0.1, 0.15) is 17.4 Å². The van der Waals surface area contributed by atoms with Gasteiger partial charge in [0, 0.05) is 23.8 Å². The van der Waals surface area contributed by atoms with E-state index in [1.807, 2.05) is 24.3 Å². The Morgan fingerprint density at radius 3 is 1.93 bits per heavy atom. The number of hydrogen-bond donors (Lipinski definition) is 0. The monoisotopic (exact) mass is 578 g/mol. The molecule has 0 radical (unpaired) electrons. The van der Waals surface area contributed by atoms with E-state index in [9.17, 15) is 35.1 Å². The molecule has 0 spiro atoms. The van der Waals surface area contributed by atoms with Crippen LogP contribution < -0.4 is 9.47 Å². The zero-order valence-corrected chi connectivity index (χ0v) is 21.4. The molecule has 0 aliphatic heterocycles. The van der Waals surface area contributed by atoms with Gasteiger partial charge in [-0.15, -0.1) is 0 Å². The smallest absolute Gasteiger partial charge is 0.429 e. The van der Waals surface area contributed by atoms with Gasteiger partial charge in [-0.1, -0.05) is 55.8 Å². The van der Waals surface area contributed by atoms with Gasteiger partial charge in [-0.25, -0.2) is 26.3 Å². The van der Waals surface area contributed by atoms with Crippen molar-refractivity contribution in [2.75, 3.05) is 0 Å². The van der Waals surface area contributed by atoms with Gasteiger partial charge >= 0.3 is 6.11 Å². The van der Waals surface area contributed by atoms with Gasteiger partial charge in [0.15, 0.2) is 17.4 Å². The third-order valence-electron chi connectivity index (χ3n) is 6.02. The molecule has 0 fully saturated rings. The molecule has 0 bridgehead atoms. The molecule has 0 atom stereocenters. The fourth-order valence-electron chi connectivity index (χ4n) is 4.08. The lowest BCUT2D eigenvalue weighted by Gasteiger charge is -2.20. The molecule has 0 aliphatic carbocycles. The molecule has 0 saturated heterocycles. The predicted molar refractivity (Wildman–Crippen MR) is 138 cm³/mol. The third-order valence-corrected chi connectivity index (χ3v) is 6.02. The normalized spacial score (nSPS) is 11.9. The number of ether oxygens (including phenoxy) is 2. The molecule has 0 amide bonds. The minimum absolute atomic E-state index is 0.0279. The molecule has 0 aliphatic rings. The summed E-state index contributed by atoms with van der Waals surface area (Å²) in [5, 5.41) is 0. The highest BCUT2D eigenvalue weighted by atomic mass is 19.3. The van der Waals surface area contributed by atoms with Crippen LogP contribution >= 0.6 is 0 Å². The Labute approximate surface area is 230 Å². The quantitative estimate of drug-likeness (QED) is 0.138. The van der Waals surface area contributed by atoms with Gasteiger partial charge in [-0.05, 0) is 46.9 Å². The van der Waals surface area contributed by atoms with Crippen molar-refractivity contribution in [2.45, 2.75) is 32.3 Å². The Balaban J connectivity index is 1.54. The summed E-state index contributed by atoms with van der Waals surface area (Å²) in [7, 11) is 0. The van der Waals surface area contributed by atoms with Crippen LogP contribution in [-0.4, -0.2) is 6.43 Å². The second kappa shape index (κ2) is 12.4. The molecule has 2 nitrogen and oxygen atoms in total. The first-order chi connectivity index (χ1) is 19.5. The van der Waals surface area contributed by atoms with Crippen LogP contribution in [0.4, 0.5) is 35.1 Å². The van der Waals surface area contributed by atoms with E-state index >= 15 is 0 Å². The van der Waals surface area contributed by atoms with Crippen LogP contribution in [0, 0.1) is 23.3 Å². The number of hydrogen-bond acceptors (Lipinski definition) is 2. The molecule has 4 rings (SSSR count). The molecular weight excluding hydrogens is 556 g/mol. The molecule has 10 heteroatoms. The number of halogens is 8. The molecule has 0 unspecified atom stereocenters. The van der Waals surface area contributed by atoms with Crippen molar-refractivity contribution in [3.05, 3.63) is 120 Å². The van der Waals surface area contributed by atoms with Crippen LogP contribution in [0.5, 0.6) is 11.5 Å². The zero-order chi connectivity index (χ0) is 29.7. The van der Waals surface area contributed by atoms with E-state index in [1.54, 1.807) is 6.07 Å². The van der Waals surface area contributed by atoms with Gasteiger partial charge in [0.05, 0.1) is 11.8 Å². The average Bonchev–Trinajstić information content (AvgIpc) is 2.90. The van der Waals surface area contributed by atoms with Crippen LogP contribution in [0.2, 0.25) is 0 Å². The standard InChI is InChI=1S/C31H22F8O2/c1-2-3-18-4-6-19(7-5-18)20-8-10-23(25(32)14-20)21-9-11-24(26(33)15-21)31(38,39)41-22-16-27(34)30(28(35)17-22)40-13-12-29(36)37/h4-17,29H,2-3H2,1H3. The van der Waals surface area contributed by atoms with E-state index in [0.717, 1.165) is 30.0 Å². The number of benzene rings is 4. The minimum atomic E-state index is -4.40. The van der Waals surface area contributed by atoms with Gasteiger partial charge in [0.25, 0.3) is 6.43 Å². The van der Waals surface area contributed by atoms with Crippen molar-refractivity contribution in [1.82, 2.24) is 0 Å². The highest BCUT2D eigenvalue weighted by molar-refractivity contribution is 5.71. The molecular formula is C31H22F8O2. The Morgan fingerprint density at radius 2 is 1.34 bits per heavy atom. The summed E-state index contributed by atoms with van der Waals surface area (Å²) in [5.41, 5.74) is 1.15. The van der Waals surface area contributed by atoms with E-state index in [1.165, 1.54) is 12.1 Å². The van der Waals surface area contributed by atoms with Crippen LogP contribution in [0.3, 0.4) is 0 Å². The molecule has 214 valence electrons. The number of rotatable bonds is 10. The van der Waals surface area contributed by atoms with E-state index in [-0.39, 0.29) is 17.2 Å². The maximum Gasteiger partial charge on any atom is 0.429 e. The predicted octanol–water partition coefficient (Wildman–Crippen LogP) is 9.82. The zero-order valence-electron chi connectivity index (χ0n) is 21.4. The Morgan fingerprint density at radius 1 is 0.732 bits per heavy atom. The van der Waals surface area contributed by atoms with Crippen LogP contribution in [0.1, 0.15) is 24.5 Å². The minimum Gasteiger partial charge on any atom is -0.459 e. The molecule has 0 saturated carbocycles. The highest BCUT2D eigenvalue weighted by Gasteiger charge is 2.38. The summed E-state index contributed by atoms with van der Waals surface area (Å²) in [6.45, 7) is 2.06. The number of aryl methyl sites for hydroxylation is 1. The lowest BCUT2D eigenvalue weighted by Crippen LogP contribution is -2.23. The van der Waals surface area contributed by atoms with Crippen molar-refractivity contribution in [3.63, 3.8) is 0 Å². The third kappa shape index (κ3) is 7.06. The average molecular weight is 578 g/mol. The first-order valence-corrected chi connectivity index (χ1v) is 12.3. The molecule has 4 aromatic rings. The van der Waals surface area contributed by atoms with Gasteiger partial charge in [0.2, 0.25) is 0 Å². The van der Waals surface area contributed by atoms with E-state index in [0.29, 0.717) is 36.1 Å². The lowest BCUT2D eigenvalue weighted by molar-refractivity contribution is -0.187. The van der Waals surface area contributed by atoms with Gasteiger partial charge < -0.3 is 9.47 Å². The molecule has 4 aromatic carbocycles. The summed E-state index contributed by atoms with van der Waals surface area (Å²) >= 11 is 0. The molecule has 41 heavy (non-hydrogen) atoms. The largest absolute Gasteiger partial charge is 0.459 e. The first-order valence-electron chi connectivity index (χ1n) is 12.3. The molecule has 0 aromatic heterocycles. The summed E-state index contributed by atoms with van der Waals surface area (Å²) in [5.74, 6) is -7.37. The fraction of sp³-hybridized carbons (Fsp3) is 0.161. The van der Waals surface area contributed by atoms with Crippen molar-refractivity contribution in [3.8, 4) is 33.8 Å². The van der Waals surface area contributed by atoms with Crippen molar-refractivity contribution >= 4 is 0 Å². The first kappa shape index (κ1) is 29.6. The lowest BCUT2D eigenvalue weighted by atomic mass is 9.97. The maximum absolute atomic E-state index is 15.0. The molecule has 0 heterocycles. The van der Waals surface area contributed by atoms with E-state index in [2.05, 4.69) is 16.4 Å². The highest BCUT2D eigenvalue weighted by Crippen LogP contribution is 2.37. The van der Waals surface area contributed by atoms with Crippen molar-refractivity contribution in [2.24, 2.45) is 0 Å².